The Bertz CT molecular complexity index is 1460. The Morgan fingerprint density at radius 3 is 2.78 bits per heavy atom. The Kier molecular flexibility index (Phi) is 6.40. The Balaban J connectivity index is 1.28. The molecule has 36 heavy (non-hydrogen) atoms. The summed E-state index contributed by atoms with van der Waals surface area (Å²) < 4.78 is 5.86. The van der Waals surface area contributed by atoms with Crippen LogP contribution in [0, 0.1) is 11.8 Å². The number of carbonyl (C=O) groups excluding carboxylic acids is 2. The second kappa shape index (κ2) is 10.1. The maximum atomic E-state index is 13.2. The van der Waals surface area contributed by atoms with Crippen LogP contribution in [-0.2, 0) is 11.2 Å². The molecule has 2 aromatic heterocycles. The molecular weight excluding hydrogens is 456 g/mol. The van der Waals surface area contributed by atoms with Crippen molar-refractivity contribution in [2.24, 2.45) is 0 Å². The predicted molar refractivity (Wildman–Crippen MR) is 132 cm³/mol. The van der Waals surface area contributed by atoms with E-state index in [0.29, 0.717) is 23.7 Å². The molecule has 0 bridgehead atoms. The zero-order valence-corrected chi connectivity index (χ0v) is 19.4. The number of likely N-dealkylation sites (N-methyl/N-ethyl adjacent to an activating group) is 1. The van der Waals surface area contributed by atoms with E-state index in [0.717, 1.165) is 16.7 Å². The predicted octanol–water partition coefficient (Wildman–Crippen LogP) is 2.34. The first kappa shape index (κ1) is 22.8. The molecule has 2 amide bonds. The summed E-state index contributed by atoms with van der Waals surface area (Å²) in [5.41, 5.74) is 3.11. The molecular formula is C27H22N6O3. The van der Waals surface area contributed by atoms with Gasteiger partial charge in [-0.15, -0.1) is 5.10 Å². The summed E-state index contributed by atoms with van der Waals surface area (Å²) in [5.74, 6) is 6.29. The van der Waals surface area contributed by atoms with Crippen LogP contribution in [0.2, 0.25) is 0 Å². The quantitative estimate of drug-likeness (QED) is 0.436. The molecule has 4 aromatic rings. The molecule has 0 aliphatic carbocycles. The largest absolute Gasteiger partial charge is 0.489 e. The number of benzene rings is 2. The normalized spacial score (nSPS) is 14.6. The van der Waals surface area contributed by atoms with E-state index < -0.39 is 11.9 Å². The highest BCUT2D eigenvalue weighted by molar-refractivity contribution is 6.02. The van der Waals surface area contributed by atoms with Gasteiger partial charge in [0.05, 0.1) is 5.69 Å². The first-order valence-corrected chi connectivity index (χ1v) is 11.3. The van der Waals surface area contributed by atoms with Gasteiger partial charge in [0.1, 0.15) is 24.2 Å². The van der Waals surface area contributed by atoms with Gasteiger partial charge in [-0.05, 0) is 35.9 Å². The average Bonchev–Trinajstić information content (AvgIpc) is 3.35. The number of fused-ring (bicyclic) bond motifs is 1. The maximum Gasteiger partial charge on any atom is 0.291 e. The Hall–Kier alpha value is -4.97. The number of hydrogen-bond acceptors (Lipinski definition) is 6. The molecule has 0 radical (unpaired) electrons. The number of nitrogens with one attached hydrogen (secondary N) is 2. The van der Waals surface area contributed by atoms with Gasteiger partial charge in [0.15, 0.2) is 0 Å². The van der Waals surface area contributed by atoms with Crippen LogP contribution >= 0.6 is 0 Å². The second-order valence-electron chi connectivity index (χ2n) is 8.18. The number of hydrogen-bond donors (Lipinski definition) is 2. The number of anilines is 1. The molecule has 178 valence electrons. The number of aromatic amines is 1. The van der Waals surface area contributed by atoms with Crippen molar-refractivity contribution in [2.75, 3.05) is 18.6 Å². The zero-order chi connectivity index (χ0) is 24.9. The van der Waals surface area contributed by atoms with E-state index in [2.05, 4.69) is 37.3 Å². The van der Waals surface area contributed by atoms with Crippen LogP contribution in [0.15, 0.2) is 73.1 Å². The summed E-state index contributed by atoms with van der Waals surface area (Å²) in [6.45, 7) is -0.0239. The lowest BCUT2D eigenvalue weighted by Crippen LogP contribution is -2.49. The summed E-state index contributed by atoms with van der Waals surface area (Å²) in [4.78, 5) is 35.7. The summed E-state index contributed by atoms with van der Waals surface area (Å²) in [6, 6.07) is 17.9. The van der Waals surface area contributed by atoms with Crippen molar-refractivity contribution in [3.8, 4) is 17.6 Å². The molecule has 3 heterocycles. The smallest absolute Gasteiger partial charge is 0.291 e. The van der Waals surface area contributed by atoms with Gasteiger partial charge in [-0.25, -0.2) is 4.98 Å². The fourth-order valence-corrected chi connectivity index (χ4v) is 3.75. The third-order valence-corrected chi connectivity index (χ3v) is 5.62. The van der Waals surface area contributed by atoms with Crippen molar-refractivity contribution >= 4 is 17.5 Å². The van der Waals surface area contributed by atoms with Gasteiger partial charge in [-0.2, -0.15) is 0 Å². The van der Waals surface area contributed by atoms with E-state index in [1.54, 1.807) is 31.6 Å². The molecule has 5 rings (SSSR count). The molecule has 1 aliphatic heterocycles. The molecule has 0 unspecified atom stereocenters. The van der Waals surface area contributed by atoms with Crippen molar-refractivity contribution in [3.05, 3.63) is 101 Å². The lowest BCUT2D eigenvalue weighted by atomic mass is 10.1. The molecule has 0 saturated heterocycles. The minimum Gasteiger partial charge on any atom is -0.489 e. The number of carbonyl (C=O) groups is 2. The Morgan fingerprint density at radius 1 is 1.14 bits per heavy atom. The highest BCUT2D eigenvalue weighted by Gasteiger charge is 2.31. The third kappa shape index (κ3) is 5.08. The molecule has 0 spiro atoms. The van der Waals surface area contributed by atoms with Crippen molar-refractivity contribution in [1.82, 2.24) is 25.5 Å². The van der Waals surface area contributed by atoms with E-state index in [1.807, 2.05) is 48.5 Å². The van der Waals surface area contributed by atoms with Crippen LogP contribution < -0.4 is 15.0 Å². The van der Waals surface area contributed by atoms with E-state index in [9.17, 15) is 9.59 Å². The van der Waals surface area contributed by atoms with Gasteiger partial charge in [0.2, 0.25) is 5.82 Å². The maximum absolute atomic E-state index is 13.2. The van der Waals surface area contributed by atoms with E-state index >= 15 is 0 Å². The van der Waals surface area contributed by atoms with Crippen LogP contribution in [0.4, 0.5) is 5.69 Å². The number of rotatable bonds is 4. The number of ether oxygens (including phenoxy) is 1. The number of amides is 2. The highest BCUT2D eigenvalue weighted by atomic mass is 16.5. The van der Waals surface area contributed by atoms with Crippen molar-refractivity contribution < 1.29 is 14.3 Å². The molecule has 9 heteroatoms. The monoisotopic (exact) mass is 478 g/mol. The molecule has 2 aromatic carbocycles. The summed E-state index contributed by atoms with van der Waals surface area (Å²) in [6.07, 6.45) is 3.88. The van der Waals surface area contributed by atoms with E-state index in [1.165, 1.54) is 4.90 Å². The number of aromatic nitrogens is 4. The standard InChI is InChI=1S/C27H22N6O3/c1-33-22-14-19(9-10-20-8-5-13-28-16-20)11-12-23(22)36-17-21(27(33)35)29-26(34)25-30-24(31-32-25)15-18-6-3-2-4-7-18/h2-8,11-14,16,21H,15,17H2,1H3,(H,29,34)(H,30,31,32)/t21-/m0/s1. The van der Waals surface area contributed by atoms with Crippen LogP contribution in [0.25, 0.3) is 0 Å². The summed E-state index contributed by atoms with van der Waals surface area (Å²) in [7, 11) is 1.64. The fourth-order valence-electron chi connectivity index (χ4n) is 3.75. The van der Waals surface area contributed by atoms with Crippen molar-refractivity contribution in [1.29, 1.82) is 0 Å². The summed E-state index contributed by atoms with van der Waals surface area (Å²) in [5, 5.41) is 9.49. The number of pyridine rings is 1. The van der Waals surface area contributed by atoms with Crippen molar-refractivity contribution in [2.45, 2.75) is 12.5 Å². The van der Waals surface area contributed by atoms with E-state index in [-0.39, 0.29) is 18.3 Å². The van der Waals surface area contributed by atoms with Gasteiger partial charge in [0, 0.05) is 37.0 Å². The average molecular weight is 479 g/mol. The van der Waals surface area contributed by atoms with Crippen LogP contribution in [0.5, 0.6) is 5.75 Å². The second-order valence-corrected chi connectivity index (χ2v) is 8.18. The van der Waals surface area contributed by atoms with Gasteiger partial charge < -0.3 is 15.0 Å². The molecule has 1 atom stereocenters. The van der Waals surface area contributed by atoms with Crippen LogP contribution in [-0.4, -0.2) is 51.7 Å². The zero-order valence-electron chi connectivity index (χ0n) is 19.4. The minimum absolute atomic E-state index is 0.0239. The number of nitrogens with zero attached hydrogens (tertiary/aromatic N) is 4. The lowest BCUT2D eigenvalue weighted by molar-refractivity contribution is -0.120. The molecule has 9 nitrogen and oxygen atoms in total. The first-order valence-electron chi connectivity index (χ1n) is 11.3. The number of H-pyrrole nitrogens is 1. The molecule has 0 fully saturated rings. The van der Waals surface area contributed by atoms with Crippen LogP contribution in [0.3, 0.4) is 0 Å². The highest BCUT2D eigenvalue weighted by Crippen LogP contribution is 2.31. The fraction of sp³-hybridized carbons (Fsp3) is 0.148. The van der Waals surface area contributed by atoms with E-state index in [4.69, 9.17) is 4.74 Å². The topological polar surface area (TPSA) is 113 Å². The first-order chi connectivity index (χ1) is 17.6. The third-order valence-electron chi connectivity index (χ3n) is 5.62. The van der Waals surface area contributed by atoms with Crippen LogP contribution in [0.1, 0.15) is 33.1 Å². The lowest BCUT2D eigenvalue weighted by Gasteiger charge is -2.20. The molecule has 2 N–H and O–H groups in total. The molecule has 1 aliphatic rings. The Morgan fingerprint density at radius 2 is 1.97 bits per heavy atom. The Labute approximate surface area is 207 Å². The van der Waals surface area contributed by atoms with Gasteiger partial charge >= 0.3 is 0 Å². The van der Waals surface area contributed by atoms with Gasteiger partial charge in [0.25, 0.3) is 11.8 Å². The SMILES string of the molecule is CN1C(=O)[C@@H](NC(=O)c2n[nH]c(Cc3ccccc3)n2)COc2ccc(C#Cc3cccnc3)cc21. The summed E-state index contributed by atoms with van der Waals surface area (Å²) >= 11 is 0. The van der Waals surface area contributed by atoms with Gasteiger partial charge in [-0.3, -0.25) is 19.7 Å². The molecule has 0 saturated carbocycles. The van der Waals surface area contributed by atoms with Gasteiger partial charge in [-0.1, -0.05) is 42.2 Å². The minimum atomic E-state index is -0.907. The van der Waals surface area contributed by atoms with Crippen molar-refractivity contribution in [3.63, 3.8) is 0 Å².